The van der Waals surface area contributed by atoms with E-state index in [2.05, 4.69) is 20.9 Å². The number of benzene rings is 1. The van der Waals surface area contributed by atoms with Crippen LogP contribution in [0.1, 0.15) is 10.6 Å². The molecule has 0 bridgehead atoms. The highest BCUT2D eigenvalue weighted by Crippen LogP contribution is 2.29. The largest absolute Gasteiger partial charge is 0.241 e. The van der Waals surface area contributed by atoms with Crippen LogP contribution in [0.15, 0.2) is 24.3 Å². The van der Waals surface area contributed by atoms with Gasteiger partial charge >= 0.3 is 0 Å². The molecule has 0 aliphatic carbocycles. The van der Waals surface area contributed by atoms with Crippen molar-refractivity contribution < 1.29 is 14.9 Å². The summed E-state index contributed by atoms with van der Waals surface area (Å²) in [6.45, 7) is 2.13. The molecule has 2 aromatic rings. The summed E-state index contributed by atoms with van der Waals surface area (Å²) in [5.41, 5.74) is 1.89. The molecule has 18 heavy (non-hydrogen) atoms. The Morgan fingerprint density at radius 2 is 2.06 bits per heavy atom. The summed E-state index contributed by atoms with van der Waals surface area (Å²) in [6.07, 6.45) is 0. The highest BCUT2D eigenvalue weighted by atomic mass is 35.5. The maximum Gasteiger partial charge on any atom is 0.123 e. The molecule has 0 saturated heterocycles. The van der Waals surface area contributed by atoms with Gasteiger partial charge in [-0.1, -0.05) is 23.7 Å². The van der Waals surface area contributed by atoms with E-state index >= 15 is 0 Å². The van der Waals surface area contributed by atoms with E-state index in [0.717, 1.165) is 21.1 Å². The molecular formula is C11H11ClN2O3S. The van der Waals surface area contributed by atoms with E-state index in [1.165, 1.54) is 11.3 Å². The molecule has 1 aromatic carbocycles. The molecule has 0 atom stereocenters. The number of rotatable bonds is 5. The van der Waals surface area contributed by atoms with Crippen molar-refractivity contribution in [3.63, 3.8) is 0 Å². The lowest BCUT2D eigenvalue weighted by atomic mass is 10.2. The summed E-state index contributed by atoms with van der Waals surface area (Å²) in [6, 6.07) is 7.50. The van der Waals surface area contributed by atoms with Crippen LogP contribution in [0.25, 0.3) is 10.6 Å². The molecule has 0 aliphatic heterocycles. The first-order valence-corrected chi connectivity index (χ1v) is 6.27. The Balaban J connectivity index is 2.15. The van der Waals surface area contributed by atoms with Gasteiger partial charge in [-0.15, -0.1) is 16.3 Å². The van der Waals surface area contributed by atoms with Crippen LogP contribution in [0.5, 0.6) is 0 Å². The van der Waals surface area contributed by atoms with Gasteiger partial charge in [0, 0.05) is 10.6 Å². The molecule has 2 rings (SSSR count). The highest BCUT2D eigenvalue weighted by Gasteiger charge is 2.10. The Morgan fingerprint density at radius 3 is 2.72 bits per heavy atom. The van der Waals surface area contributed by atoms with Crippen molar-refractivity contribution in [2.24, 2.45) is 5.90 Å². The lowest BCUT2D eigenvalue weighted by molar-refractivity contribution is -0.521. The zero-order valence-electron chi connectivity index (χ0n) is 9.55. The second kappa shape index (κ2) is 6.24. The van der Waals surface area contributed by atoms with Crippen molar-refractivity contribution in [2.45, 2.75) is 13.5 Å². The fourth-order valence-corrected chi connectivity index (χ4v) is 2.48. The lowest BCUT2D eigenvalue weighted by Gasteiger charge is -1.97. The topological polar surface area (TPSA) is 66.6 Å². The predicted molar refractivity (Wildman–Crippen MR) is 68.4 cm³/mol. The predicted octanol–water partition coefficient (Wildman–Crippen LogP) is 3.03. The Kier molecular flexibility index (Phi) is 4.65. The van der Waals surface area contributed by atoms with Crippen molar-refractivity contribution in [3.05, 3.63) is 39.9 Å². The molecule has 0 amide bonds. The smallest absolute Gasteiger partial charge is 0.123 e. The molecule has 1 heterocycles. The van der Waals surface area contributed by atoms with E-state index in [1.54, 1.807) is 0 Å². The van der Waals surface area contributed by atoms with Gasteiger partial charge in [-0.05, 0) is 24.1 Å². The van der Waals surface area contributed by atoms with Gasteiger partial charge in [-0.2, -0.15) is 10.8 Å². The molecule has 0 aliphatic rings. The molecule has 0 saturated carbocycles. The van der Waals surface area contributed by atoms with Gasteiger partial charge in [0.1, 0.15) is 11.6 Å². The maximum atomic E-state index is 5.84. The number of thiazole rings is 1. The molecule has 7 heteroatoms. The second-order valence-electron chi connectivity index (χ2n) is 3.46. The van der Waals surface area contributed by atoms with Gasteiger partial charge in [-0.3, -0.25) is 0 Å². The van der Waals surface area contributed by atoms with Crippen molar-refractivity contribution in [3.8, 4) is 10.6 Å². The first-order chi connectivity index (χ1) is 8.70. The number of halogens is 1. The number of hydrogen-bond acceptors (Lipinski definition) is 6. The van der Waals surface area contributed by atoms with Crippen LogP contribution in [-0.4, -0.2) is 4.98 Å². The molecule has 2 N–H and O–H groups in total. The van der Waals surface area contributed by atoms with Crippen molar-refractivity contribution >= 4 is 22.9 Å². The SMILES string of the molecule is Cc1nc(-c2ccc(Cl)cc2)sc1COOON. The van der Waals surface area contributed by atoms with Gasteiger partial charge in [0.15, 0.2) is 0 Å². The average Bonchev–Trinajstić information content (AvgIpc) is 2.72. The van der Waals surface area contributed by atoms with Crippen LogP contribution >= 0.6 is 22.9 Å². The maximum absolute atomic E-state index is 5.84. The summed E-state index contributed by atoms with van der Waals surface area (Å²) in [4.78, 5) is 14.0. The zero-order chi connectivity index (χ0) is 13.0. The number of nitrogens with zero attached hydrogens (tertiary/aromatic N) is 1. The summed E-state index contributed by atoms with van der Waals surface area (Å²) < 4.78 is 0. The molecule has 5 nitrogen and oxygen atoms in total. The quantitative estimate of drug-likeness (QED) is 0.520. The monoisotopic (exact) mass is 286 g/mol. The summed E-state index contributed by atoms with van der Waals surface area (Å²) in [5.74, 6) is 4.67. The molecule has 96 valence electrons. The zero-order valence-corrected chi connectivity index (χ0v) is 11.1. The molecule has 0 spiro atoms. The first kappa shape index (κ1) is 13.4. The van der Waals surface area contributed by atoms with Gasteiger partial charge in [0.2, 0.25) is 0 Å². The van der Waals surface area contributed by atoms with E-state index < -0.39 is 0 Å². The minimum Gasteiger partial charge on any atom is -0.241 e. The van der Waals surface area contributed by atoms with E-state index in [4.69, 9.17) is 16.5 Å². The first-order valence-electron chi connectivity index (χ1n) is 5.08. The van der Waals surface area contributed by atoms with Crippen molar-refractivity contribution in [1.82, 2.24) is 4.98 Å². The number of aromatic nitrogens is 1. The standard InChI is InChI=1S/C11H11ClN2O3S/c1-7-10(6-15-17-16-13)18-11(14-7)8-2-4-9(12)5-3-8/h2-5H,6,13H2,1H3. The fraction of sp³-hybridized carbons (Fsp3) is 0.182. The molecule has 1 aromatic heterocycles. The third-order valence-electron chi connectivity index (χ3n) is 2.26. The van der Waals surface area contributed by atoms with Gasteiger partial charge in [0.05, 0.1) is 10.6 Å². The van der Waals surface area contributed by atoms with Gasteiger partial charge in [-0.25, -0.2) is 4.98 Å². The van der Waals surface area contributed by atoms with Crippen LogP contribution in [-0.2, 0) is 21.5 Å². The number of aryl methyl sites for hydroxylation is 1. The molecular weight excluding hydrogens is 276 g/mol. The van der Waals surface area contributed by atoms with Gasteiger partial charge < -0.3 is 0 Å². The Bertz CT molecular complexity index is 516. The molecule has 0 radical (unpaired) electrons. The van der Waals surface area contributed by atoms with Crippen LogP contribution in [0.2, 0.25) is 5.02 Å². The minimum absolute atomic E-state index is 0.230. The molecule has 0 fully saturated rings. The highest BCUT2D eigenvalue weighted by molar-refractivity contribution is 7.15. The van der Waals surface area contributed by atoms with E-state index in [0.29, 0.717) is 5.02 Å². The Morgan fingerprint density at radius 1 is 1.33 bits per heavy atom. The van der Waals surface area contributed by atoms with Crippen LogP contribution < -0.4 is 5.90 Å². The van der Waals surface area contributed by atoms with Crippen molar-refractivity contribution in [1.29, 1.82) is 0 Å². The summed E-state index contributed by atoms with van der Waals surface area (Å²) in [5, 5.41) is 5.76. The van der Waals surface area contributed by atoms with E-state index in [-0.39, 0.29) is 6.61 Å². The van der Waals surface area contributed by atoms with Crippen molar-refractivity contribution in [2.75, 3.05) is 0 Å². The molecule has 0 unspecified atom stereocenters. The van der Waals surface area contributed by atoms with Crippen LogP contribution in [0.3, 0.4) is 0 Å². The Labute approximate surface area is 113 Å². The number of hydrogen-bond donors (Lipinski definition) is 1. The fourth-order valence-electron chi connectivity index (χ4n) is 1.38. The van der Waals surface area contributed by atoms with Crippen LogP contribution in [0, 0.1) is 6.92 Å². The van der Waals surface area contributed by atoms with Gasteiger partial charge in [0.25, 0.3) is 0 Å². The summed E-state index contributed by atoms with van der Waals surface area (Å²) >= 11 is 7.35. The average molecular weight is 287 g/mol. The van der Waals surface area contributed by atoms with E-state index in [1.807, 2.05) is 31.2 Å². The lowest BCUT2D eigenvalue weighted by Crippen LogP contribution is -2.01. The Hall–Kier alpha value is -1.02. The van der Waals surface area contributed by atoms with Crippen LogP contribution in [0.4, 0.5) is 0 Å². The second-order valence-corrected chi connectivity index (χ2v) is 4.98. The third-order valence-corrected chi connectivity index (χ3v) is 3.69. The minimum atomic E-state index is 0.230. The van der Waals surface area contributed by atoms with E-state index in [9.17, 15) is 0 Å². The summed E-state index contributed by atoms with van der Waals surface area (Å²) in [7, 11) is 0. The third kappa shape index (κ3) is 3.26. The number of nitrogens with two attached hydrogens (primary N) is 1. The normalized spacial score (nSPS) is 10.8.